The number of nitrogens with one attached hydrogen (secondary N) is 1. The molecule has 0 unspecified atom stereocenters. The molecule has 11 nitrogen and oxygen atoms in total. The SMILES string of the molecule is COc1cc(-c2ncnn3cc(-c4cnn(C)c4)cc23)ccc1CNC(=O)c1noc(C(C)(C)C)n1.Cl. The molecular formula is C25H27ClN8O3. The summed E-state index contributed by atoms with van der Waals surface area (Å²) in [4.78, 5) is 21.3. The number of fused-ring (bicyclic) bond motifs is 1. The summed E-state index contributed by atoms with van der Waals surface area (Å²) in [6.45, 7) is 6.05. The Morgan fingerprint density at radius 1 is 1.11 bits per heavy atom. The molecule has 5 rings (SSSR count). The van der Waals surface area contributed by atoms with E-state index in [0.29, 0.717) is 11.6 Å². The molecule has 0 bridgehead atoms. The highest BCUT2D eigenvalue weighted by atomic mass is 35.5. The van der Waals surface area contributed by atoms with Gasteiger partial charge in [0.15, 0.2) is 0 Å². The molecule has 0 radical (unpaired) electrons. The third-order valence-corrected chi connectivity index (χ3v) is 5.71. The van der Waals surface area contributed by atoms with Crippen molar-refractivity contribution in [2.45, 2.75) is 32.7 Å². The molecule has 0 aliphatic rings. The van der Waals surface area contributed by atoms with E-state index in [9.17, 15) is 4.79 Å². The maximum absolute atomic E-state index is 12.6. The molecule has 0 saturated heterocycles. The molecule has 37 heavy (non-hydrogen) atoms. The number of aromatic nitrogens is 7. The highest BCUT2D eigenvalue weighted by Gasteiger charge is 2.24. The molecule has 0 aliphatic carbocycles. The largest absolute Gasteiger partial charge is 0.496 e. The van der Waals surface area contributed by atoms with Gasteiger partial charge in [0.2, 0.25) is 5.89 Å². The first-order valence-electron chi connectivity index (χ1n) is 11.3. The van der Waals surface area contributed by atoms with Gasteiger partial charge in [0.1, 0.15) is 12.1 Å². The molecule has 1 amide bonds. The summed E-state index contributed by atoms with van der Waals surface area (Å²) >= 11 is 0. The fourth-order valence-corrected chi connectivity index (χ4v) is 3.79. The summed E-state index contributed by atoms with van der Waals surface area (Å²) in [7, 11) is 3.47. The molecule has 0 fully saturated rings. The number of amides is 1. The van der Waals surface area contributed by atoms with Gasteiger partial charge in [0, 0.05) is 53.7 Å². The second-order valence-corrected chi connectivity index (χ2v) is 9.45. The van der Waals surface area contributed by atoms with Gasteiger partial charge in [-0.3, -0.25) is 9.48 Å². The summed E-state index contributed by atoms with van der Waals surface area (Å²) < 4.78 is 14.4. The molecule has 192 valence electrons. The lowest BCUT2D eigenvalue weighted by Gasteiger charge is -2.12. The van der Waals surface area contributed by atoms with E-state index in [4.69, 9.17) is 9.26 Å². The van der Waals surface area contributed by atoms with E-state index >= 15 is 0 Å². The van der Waals surface area contributed by atoms with Gasteiger partial charge in [0.25, 0.3) is 11.7 Å². The third-order valence-electron chi connectivity index (χ3n) is 5.71. The summed E-state index contributed by atoms with van der Waals surface area (Å²) in [5.41, 5.74) is 4.92. The molecule has 0 spiro atoms. The summed E-state index contributed by atoms with van der Waals surface area (Å²) in [5, 5.41) is 15.2. The highest BCUT2D eigenvalue weighted by Crippen LogP contribution is 2.31. The zero-order chi connectivity index (χ0) is 25.4. The van der Waals surface area contributed by atoms with Crippen LogP contribution in [0.5, 0.6) is 5.75 Å². The lowest BCUT2D eigenvalue weighted by molar-refractivity contribution is 0.0937. The molecule has 0 aliphatic heterocycles. The van der Waals surface area contributed by atoms with Crippen LogP contribution < -0.4 is 10.1 Å². The van der Waals surface area contributed by atoms with Crippen LogP contribution in [0.15, 0.2) is 53.7 Å². The van der Waals surface area contributed by atoms with Crippen molar-refractivity contribution in [3.63, 3.8) is 0 Å². The Kier molecular flexibility index (Phi) is 6.99. The lowest BCUT2D eigenvalue weighted by atomic mass is 9.97. The van der Waals surface area contributed by atoms with Gasteiger partial charge in [0.05, 0.1) is 24.5 Å². The topological polar surface area (TPSA) is 125 Å². The summed E-state index contributed by atoms with van der Waals surface area (Å²) in [6, 6.07) is 7.76. The molecule has 4 aromatic heterocycles. The minimum absolute atomic E-state index is 0. The Bertz CT molecular complexity index is 1560. The van der Waals surface area contributed by atoms with Crippen molar-refractivity contribution < 1.29 is 14.1 Å². The van der Waals surface area contributed by atoms with Crippen molar-refractivity contribution in [1.82, 2.24) is 39.8 Å². The van der Waals surface area contributed by atoms with Crippen LogP contribution in [-0.4, -0.2) is 47.5 Å². The maximum atomic E-state index is 12.6. The van der Waals surface area contributed by atoms with Crippen LogP contribution in [0.1, 0.15) is 42.8 Å². The van der Waals surface area contributed by atoms with Crippen molar-refractivity contribution in [2.24, 2.45) is 7.05 Å². The average Bonchev–Trinajstić information content (AvgIpc) is 3.60. The first-order valence-corrected chi connectivity index (χ1v) is 11.3. The number of methoxy groups -OCH3 is 1. The van der Waals surface area contributed by atoms with Gasteiger partial charge < -0.3 is 14.6 Å². The zero-order valence-corrected chi connectivity index (χ0v) is 21.9. The summed E-state index contributed by atoms with van der Waals surface area (Å²) in [5.74, 6) is 0.598. The Morgan fingerprint density at radius 2 is 1.92 bits per heavy atom. The molecule has 4 heterocycles. The van der Waals surface area contributed by atoms with E-state index in [1.165, 1.54) is 6.33 Å². The van der Waals surface area contributed by atoms with E-state index < -0.39 is 5.91 Å². The van der Waals surface area contributed by atoms with E-state index in [0.717, 1.165) is 33.5 Å². The quantitative estimate of drug-likeness (QED) is 0.356. The lowest BCUT2D eigenvalue weighted by Crippen LogP contribution is -2.24. The van der Waals surface area contributed by atoms with Gasteiger partial charge >= 0.3 is 0 Å². The number of hydrogen-bond donors (Lipinski definition) is 1. The van der Waals surface area contributed by atoms with E-state index in [1.54, 1.807) is 16.3 Å². The number of benzene rings is 1. The number of hydrogen-bond acceptors (Lipinski definition) is 8. The smallest absolute Gasteiger partial charge is 0.292 e. The summed E-state index contributed by atoms with van der Waals surface area (Å²) in [6.07, 6.45) is 7.23. The highest BCUT2D eigenvalue weighted by molar-refractivity contribution is 5.90. The molecule has 0 atom stereocenters. The average molecular weight is 523 g/mol. The first-order chi connectivity index (χ1) is 17.2. The third kappa shape index (κ3) is 5.17. The molecule has 0 saturated carbocycles. The number of carbonyl (C=O) groups is 1. The van der Waals surface area contributed by atoms with Gasteiger partial charge in [-0.1, -0.05) is 38.1 Å². The Balaban J connectivity index is 0.00000320. The minimum atomic E-state index is -0.422. The number of nitrogens with zero attached hydrogens (tertiary/aromatic N) is 7. The van der Waals surface area contributed by atoms with Crippen LogP contribution in [0.2, 0.25) is 0 Å². The predicted octanol–water partition coefficient (Wildman–Crippen LogP) is 3.84. The van der Waals surface area contributed by atoms with Crippen molar-refractivity contribution >= 4 is 23.8 Å². The van der Waals surface area contributed by atoms with Crippen molar-refractivity contribution in [1.29, 1.82) is 0 Å². The Morgan fingerprint density at radius 3 is 2.59 bits per heavy atom. The van der Waals surface area contributed by atoms with Crippen molar-refractivity contribution in [3.8, 4) is 28.1 Å². The monoisotopic (exact) mass is 522 g/mol. The first kappa shape index (κ1) is 25.8. The van der Waals surface area contributed by atoms with Crippen LogP contribution in [-0.2, 0) is 19.0 Å². The normalized spacial score (nSPS) is 11.4. The Hall–Kier alpha value is -4.25. The predicted molar refractivity (Wildman–Crippen MR) is 139 cm³/mol. The fraction of sp³-hybridized carbons (Fsp3) is 0.280. The van der Waals surface area contributed by atoms with Gasteiger partial charge in [-0.15, -0.1) is 12.4 Å². The molecule has 1 N–H and O–H groups in total. The minimum Gasteiger partial charge on any atom is -0.496 e. The van der Waals surface area contributed by atoms with Crippen molar-refractivity contribution in [2.75, 3.05) is 7.11 Å². The number of halogens is 1. The van der Waals surface area contributed by atoms with Crippen LogP contribution in [0.4, 0.5) is 0 Å². The Labute approximate surface area is 219 Å². The number of rotatable bonds is 6. The van der Waals surface area contributed by atoms with Gasteiger partial charge in [-0.25, -0.2) is 9.50 Å². The molecule has 1 aromatic carbocycles. The standard InChI is InChI=1S/C25H26N8O3.ClH/c1-25(2,3)24-30-22(31-36-24)23(34)26-10-16-7-6-15(9-20(16)35-5)21-19-8-17(13-33(19)29-14-27-21)18-11-28-32(4)12-18;/h6-9,11-14H,10H2,1-5H3,(H,26,34);1H. The van der Waals surface area contributed by atoms with E-state index in [-0.39, 0.29) is 30.2 Å². The van der Waals surface area contributed by atoms with Crippen LogP contribution in [0, 0.1) is 0 Å². The second-order valence-electron chi connectivity index (χ2n) is 9.45. The van der Waals surface area contributed by atoms with Gasteiger partial charge in [-0.2, -0.15) is 15.2 Å². The zero-order valence-electron chi connectivity index (χ0n) is 21.1. The van der Waals surface area contributed by atoms with Crippen molar-refractivity contribution in [3.05, 3.63) is 66.5 Å². The van der Waals surface area contributed by atoms with Crippen LogP contribution >= 0.6 is 12.4 Å². The fourth-order valence-electron chi connectivity index (χ4n) is 3.79. The number of aryl methyl sites for hydroxylation is 1. The molecule has 5 aromatic rings. The van der Waals surface area contributed by atoms with E-state index in [1.807, 2.05) is 70.7 Å². The maximum Gasteiger partial charge on any atom is 0.292 e. The van der Waals surface area contributed by atoms with Gasteiger partial charge in [-0.05, 0) is 12.1 Å². The number of carbonyl (C=O) groups excluding carboxylic acids is 1. The molecule has 12 heteroatoms. The van der Waals surface area contributed by atoms with E-state index in [2.05, 4.69) is 30.6 Å². The van der Waals surface area contributed by atoms with Crippen LogP contribution in [0.25, 0.3) is 27.9 Å². The second kappa shape index (κ2) is 10.0. The molecular weight excluding hydrogens is 496 g/mol. The number of ether oxygens (including phenoxy) is 1. The van der Waals surface area contributed by atoms with Crippen LogP contribution in [0.3, 0.4) is 0 Å².